The monoisotopic (exact) mass is 553 g/mol. The Hall–Kier alpha value is -2.41. The minimum absolute atomic E-state index is 0.139. The first kappa shape index (κ1) is 27.6. The predicted molar refractivity (Wildman–Crippen MR) is 132 cm³/mol. The van der Waals surface area contributed by atoms with Gasteiger partial charge in [-0.25, -0.2) is 9.11 Å². The van der Waals surface area contributed by atoms with E-state index in [1.807, 2.05) is 43.3 Å². The van der Waals surface area contributed by atoms with E-state index in [1.54, 1.807) is 6.20 Å². The summed E-state index contributed by atoms with van der Waals surface area (Å²) in [5.41, 5.74) is 1.76. The molecule has 1 saturated heterocycles. The Bertz CT molecular complexity index is 1340. The zero-order valence-electron chi connectivity index (χ0n) is 19.4. The molecule has 1 aliphatic rings. The molecule has 0 radical (unpaired) electrons. The van der Waals surface area contributed by atoms with Crippen molar-refractivity contribution in [1.82, 2.24) is 14.1 Å². The average Bonchev–Trinajstić information content (AvgIpc) is 3.15. The molecule has 3 heterocycles. The standard InChI is InChI=1S/C22H25N3O10P2/c1-13-15(14-5-3-2-4-6-14)7-9-23-16(13)11-25-18(26)8-10-24(22(25)29)21-20(28)19(27)17(34-21)12-33-37(32)35-36(30)31/h2-10,17,19-21,27-28,30-32H,11-12H2,1H3. The van der Waals surface area contributed by atoms with Crippen molar-refractivity contribution in [3.05, 3.63) is 87.0 Å². The summed E-state index contributed by atoms with van der Waals surface area (Å²) in [5, 5.41) is 20.9. The third-order valence-corrected chi connectivity index (χ3v) is 7.41. The van der Waals surface area contributed by atoms with Crippen LogP contribution in [0.25, 0.3) is 11.1 Å². The summed E-state index contributed by atoms with van der Waals surface area (Å²) >= 11 is 0. The van der Waals surface area contributed by atoms with Crippen LogP contribution in [-0.2, 0) is 20.1 Å². The smallest absolute Gasteiger partial charge is 0.337 e. The van der Waals surface area contributed by atoms with Gasteiger partial charge < -0.3 is 34.2 Å². The van der Waals surface area contributed by atoms with Crippen molar-refractivity contribution in [2.45, 2.75) is 38.0 Å². The van der Waals surface area contributed by atoms with Gasteiger partial charge in [0, 0.05) is 18.5 Å². The summed E-state index contributed by atoms with van der Waals surface area (Å²) in [4.78, 5) is 57.3. The molecule has 15 heteroatoms. The number of aromatic nitrogens is 3. The molecule has 13 nitrogen and oxygen atoms in total. The SMILES string of the molecule is Cc1c(-c2ccccc2)ccnc1Cn1c(=O)ccn(C2OC(COP(O)OP(O)O)C(O)C2O)c1=O. The van der Waals surface area contributed by atoms with Crippen LogP contribution in [0.1, 0.15) is 17.5 Å². The number of ether oxygens (including phenoxy) is 1. The van der Waals surface area contributed by atoms with Gasteiger partial charge in [0.25, 0.3) is 5.56 Å². The summed E-state index contributed by atoms with van der Waals surface area (Å²) in [5.74, 6) is 0. The Balaban J connectivity index is 1.58. The fraction of sp³-hybridized carbons (Fsp3) is 0.318. The Morgan fingerprint density at radius 3 is 2.49 bits per heavy atom. The van der Waals surface area contributed by atoms with Crippen LogP contribution in [0.15, 0.2) is 64.4 Å². The van der Waals surface area contributed by atoms with Crippen LogP contribution in [0.5, 0.6) is 0 Å². The van der Waals surface area contributed by atoms with E-state index < -0.39 is 59.6 Å². The molecule has 37 heavy (non-hydrogen) atoms. The number of aliphatic hydroxyl groups is 2. The van der Waals surface area contributed by atoms with Gasteiger partial charge in [0.1, 0.15) is 18.3 Å². The van der Waals surface area contributed by atoms with E-state index in [-0.39, 0.29) is 6.54 Å². The lowest BCUT2D eigenvalue weighted by Gasteiger charge is -2.19. The lowest BCUT2D eigenvalue weighted by atomic mass is 10.0. The molecule has 198 valence electrons. The molecule has 3 aromatic rings. The van der Waals surface area contributed by atoms with Crippen molar-refractivity contribution in [3.8, 4) is 11.1 Å². The van der Waals surface area contributed by atoms with Crippen LogP contribution >= 0.6 is 17.2 Å². The van der Waals surface area contributed by atoms with E-state index in [1.165, 1.54) is 0 Å². The predicted octanol–water partition coefficient (Wildman–Crippen LogP) is 0.512. The van der Waals surface area contributed by atoms with Gasteiger partial charge in [-0.3, -0.25) is 18.9 Å². The van der Waals surface area contributed by atoms with Gasteiger partial charge in [0.15, 0.2) is 6.23 Å². The second kappa shape index (κ2) is 12.0. The largest absolute Gasteiger partial charge is 0.387 e. The molecule has 2 aromatic heterocycles. The molecule has 1 aromatic carbocycles. The lowest BCUT2D eigenvalue weighted by molar-refractivity contribution is -0.0530. The fourth-order valence-electron chi connectivity index (χ4n) is 4.01. The summed E-state index contributed by atoms with van der Waals surface area (Å²) in [6.45, 7) is 1.23. The first-order valence-corrected chi connectivity index (χ1v) is 13.3. The van der Waals surface area contributed by atoms with Crippen molar-refractivity contribution in [3.63, 3.8) is 0 Å². The summed E-state index contributed by atoms with van der Waals surface area (Å²) in [6, 6.07) is 12.6. The normalized spacial score (nSPS) is 22.5. The maximum absolute atomic E-state index is 13.3. The number of nitrogens with zero attached hydrogens (tertiary/aromatic N) is 3. The third-order valence-electron chi connectivity index (χ3n) is 5.90. The quantitative estimate of drug-likeness (QED) is 0.233. The van der Waals surface area contributed by atoms with Gasteiger partial charge in [-0.05, 0) is 29.7 Å². The molecule has 0 aliphatic carbocycles. The number of hydrogen-bond acceptors (Lipinski definition) is 11. The van der Waals surface area contributed by atoms with Crippen molar-refractivity contribution in [2.75, 3.05) is 6.61 Å². The summed E-state index contributed by atoms with van der Waals surface area (Å²) in [6.07, 6.45) is -2.90. The van der Waals surface area contributed by atoms with Crippen molar-refractivity contribution in [1.29, 1.82) is 0 Å². The van der Waals surface area contributed by atoms with E-state index in [0.717, 1.165) is 38.1 Å². The van der Waals surface area contributed by atoms with E-state index >= 15 is 0 Å². The van der Waals surface area contributed by atoms with Crippen LogP contribution < -0.4 is 11.2 Å². The van der Waals surface area contributed by atoms with Crippen LogP contribution in [0.2, 0.25) is 0 Å². The van der Waals surface area contributed by atoms with Crippen molar-refractivity contribution < 1.29 is 38.5 Å². The number of rotatable bonds is 9. The second-order valence-corrected chi connectivity index (χ2v) is 10.0. The van der Waals surface area contributed by atoms with E-state index in [0.29, 0.717) is 5.69 Å². The maximum Gasteiger partial charge on any atom is 0.337 e. The highest BCUT2D eigenvalue weighted by molar-refractivity contribution is 7.54. The molecule has 5 unspecified atom stereocenters. The van der Waals surface area contributed by atoms with Gasteiger partial charge >= 0.3 is 22.9 Å². The van der Waals surface area contributed by atoms with E-state index in [9.17, 15) is 24.7 Å². The molecule has 0 amide bonds. The third kappa shape index (κ3) is 6.19. The molecule has 1 aliphatic heterocycles. The highest BCUT2D eigenvalue weighted by Crippen LogP contribution is 2.46. The van der Waals surface area contributed by atoms with Gasteiger partial charge in [-0.15, -0.1) is 0 Å². The molecule has 0 spiro atoms. The number of pyridine rings is 1. The average molecular weight is 553 g/mol. The zero-order valence-corrected chi connectivity index (χ0v) is 21.2. The molecule has 0 bridgehead atoms. The first-order chi connectivity index (χ1) is 17.7. The van der Waals surface area contributed by atoms with Crippen LogP contribution in [-0.4, -0.2) is 63.9 Å². The Kier molecular flexibility index (Phi) is 8.94. The Morgan fingerprint density at radius 2 is 1.78 bits per heavy atom. The van der Waals surface area contributed by atoms with Gasteiger partial charge in [0.2, 0.25) is 0 Å². The molecular weight excluding hydrogens is 528 g/mol. The van der Waals surface area contributed by atoms with Crippen LogP contribution in [0.3, 0.4) is 0 Å². The number of aliphatic hydroxyl groups excluding tert-OH is 2. The van der Waals surface area contributed by atoms with E-state index in [2.05, 4.69) is 9.29 Å². The molecule has 4 rings (SSSR count). The first-order valence-electron chi connectivity index (χ1n) is 11.0. The Labute approximate surface area is 212 Å². The molecule has 5 N–H and O–H groups in total. The fourth-order valence-corrected chi connectivity index (χ4v) is 4.97. The number of benzene rings is 1. The summed E-state index contributed by atoms with van der Waals surface area (Å²) in [7, 11) is -5.53. The van der Waals surface area contributed by atoms with Gasteiger partial charge in [-0.1, -0.05) is 30.3 Å². The van der Waals surface area contributed by atoms with Crippen molar-refractivity contribution in [2.24, 2.45) is 0 Å². The minimum atomic E-state index is -2.86. The van der Waals surface area contributed by atoms with Crippen LogP contribution in [0, 0.1) is 6.92 Å². The van der Waals surface area contributed by atoms with Crippen molar-refractivity contribution >= 4 is 17.2 Å². The molecule has 0 saturated carbocycles. The topological polar surface area (TPSA) is 186 Å². The van der Waals surface area contributed by atoms with Crippen LogP contribution in [0.4, 0.5) is 0 Å². The maximum atomic E-state index is 13.3. The van der Waals surface area contributed by atoms with Gasteiger partial charge in [0.05, 0.1) is 18.8 Å². The van der Waals surface area contributed by atoms with Gasteiger partial charge in [-0.2, -0.15) is 0 Å². The number of hydrogen-bond donors (Lipinski definition) is 5. The molecular formula is C22H25N3O10P2. The molecule has 1 fully saturated rings. The molecule has 5 atom stereocenters. The Morgan fingerprint density at radius 1 is 1.05 bits per heavy atom. The second-order valence-electron chi connectivity index (χ2n) is 8.14. The highest BCUT2D eigenvalue weighted by Gasteiger charge is 2.44. The van der Waals surface area contributed by atoms with E-state index in [4.69, 9.17) is 19.0 Å². The highest BCUT2D eigenvalue weighted by atomic mass is 31.2. The summed E-state index contributed by atoms with van der Waals surface area (Å²) < 4.78 is 16.7. The zero-order chi connectivity index (χ0) is 26.7. The minimum Gasteiger partial charge on any atom is -0.387 e. The lowest BCUT2D eigenvalue weighted by Crippen LogP contribution is -2.43.